The minimum Gasteiger partial charge on any atom is -0.394 e. The maximum absolute atomic E-state index is 15.4. The molecule has 11 atom stereocenters. The minimum absolute atomic E-state index is 0.000786. The number of anilines is 2. The number of rotatable bonds is 41. The lowest BCUT2D eigenvalue weighted by Gasteiger charge is -2.31. The summed E-state index contributed by atoms with van der Waals surface area (Å²) in [6, 6.07) is 19.9. The predicted octanol–water partition coefficient (Wildman–Crippen LogP) is 2.07. The molecule has 0 saturated carbocycles. The molecule has 0 bridgehead atoms. The van der Waals surface area contributed by atoms with Crippen molar-refractivity contribution in [2.24, 2.45) is 11.7 Å². The van der Waals surface area contributed by atoms with Gasteiger partial charge in [0.25, 0.3) is 0 Å². The van der Waals surface area contributed by atoms with Crippen molar-refractivity contribution in [1.82, 2.24) is 73.7 Å². The van der Waals surface area contributed by atoms with Crippen LogP contribution < -0.4 is 80.2 Å². The number of amides is 15. The van der Waals surface area contributed by atoms with E-state index in [4.69, 9.17) is 17.3 Å². The number of aliphatic hydroxyl groups is 1. The number of fused-ring (bicyclic) bond motifs is 1. The first kappa shape index (κ1) is 88.7. The molecule has 0 radical (unpaired) electrons. The number of nitrogens with one attached hydrogen (secondary N) is 14. The molecule has 3 heterocycles. The van der Waals surface area contributed by atoms with Gasteiger partial charge in [0.15, 0.2) is 0 Å². The Morgan fingerprint density at radius 3 is 1.52 bits per heavy atom. The van der Waals surface area contributed by atoms with Crippen LogP contribution >= 0.6 is 11.6 Å². The quantitative estimate of drug-likeness (QED) is 0.0244. The fraction of sp³-hybridized carbons (Fsp3) is 0.427. The highest BCUT2D eigenvalue weighted by Crippen LogP contribution is 2.23. The first-order valence-electron chi connectivity index (χ1n) is 38.4. The lowest BCUT2D eigenvalue weighted by molar-refractivity contribution is -0.142. The monoisotopic (exact) mass is 1600 g/mol. The number of primary amides is 1. The van der Waals surface area contributed by atoms with Gasteiger partial charge in [-0.2, -0.15) is 0 Å². The number of hydrogen-bond acceptors (Lipinski definition) is 17. The Morgan fingerprint density at radius 2 is 1.02 bits per heavy atom. The molecule has 0 aliphatic carbocycles. The largest absolute Gasteiger partial charge is 0.394 e. The number of hydrogen-bond donors (Lipinski definition) is 16. The number of nitrogens with zero attached hydrogens (tertiary/aromatic N) is 2. The lowest BCUT2D eigenvalue weighted by atomic mass is 9.99. The second kappa shape index (κ2) is 43.4. The molecule has 15 amide bonds. The van der Waals surface area contributed by atoms with Crippen LogP contribution in [-0.2, 0) is 94.4 Å². The molecule has 5 aromatic carbocycles. The van der Waals surface area contributed by atoms with Crippen molar-refractivity contribution in [3.63, 3.8) is 0 Å². The molecular formula is C82H104ClN17O15. The van der Waals surface area contributed by atoms with Crippen LogP contribution in [0.25, 0.3) is 10.8 Å². The summed E-state index contributed by atoms with van der Waals surface area (Å²) in [6.07, 6.45) is 3.70. The second-order valence-corrected chi connectivity index (χ2v) is 30.0. The number of carbonyl (C=O) groups excluding carboxylic acids is 14. The van der Waals surface area contributed by atoms with E-state index in [-0.39, 0.29) is 88.0 Å². The molecule has 33 heteroatoms. The van der Waals surface area contributed by atoms with Crippen LogP contribution in [0.1, 0.15) is 115 Å². The van der Waals surface area contributed by atoms with Gasteiger partial charge in [-0.1, -0.05) is 124 Å². The number of aliphatic hydroxyl groups excluding tert-OH is 1. The summed E-state index contributed by atoms with van der Waals surface area (Å²) in [6.45, 7) is 11.2. The molecular weight excluding hydrogens is 1500 g/mol. The zero-order valence-corrected chi connectivity index (χ0v) is 66.2. The van der Waals surface area contributed by atoms with E-state index in [1.807, 2.05) is 56.3 Å². The van der Waals surface area contributed by atoms with Gasteiger partial charge >= 0.3 is 6.03 Å². The zero-order chi connectivity index (χ0) is 83.4. The molecule has 2 aliphatic heterocycles. The summed E-state index contributed by atoms with van der Waals surface area (Å²) in [5, 5.41) is 51.5. The van der Waals surface area contributed by atoms with Crippen molar-refractivity contribution in [3.05, 3.63) is 173 Å². The average Bonchev–Trinajstić information content (AvgIpc) is 1.57. The highest BCUT2D eigenvalue weighted by Gasteiger charge is 2.41. The fourth-order valence-corrected chi connectivity index (χ4v) is 13.4. The van der Waals surface area contributed by atoms with Gasteiger partial charge in [0.05, 0.1) is 6.61 Å². The van der Waals surface area contributed by atoms with Gasteiger partial charge < -0.3 is 90.2 Å². The van der Waals surface area contributed by atoms with Crippen molar-refractivity contribution in [2.75, 3.05) is 36.9 Å². The predicted molar refractivity (Wildman–Crippen MR) is 430 cm³/mol. The number of urea groups is 1. The van der Waals surface area contributed by atoms with E-state index < -0.39 is 150 Å². The number of pyridine rings is 1. The van der Waals surface area contributed by atoms with Crippen molar-refractivity contribution >= 4 is 117 Å². The van der Waals surface area contributed by atoms with Crippen LogP contribution in [0.15, 0.2) is 140 Å². The molecule has 2 aliphatic rings. The third-order valence-corrected chi connectivity index (χ3v) is 19.6. The highest BCUT2D eigenvalue weighted by molar-refractivity contribution is 6.30. The maximum atomic E-state index is 15.4. The minimum atomic E-state index is -1.89. The number of halogens is 1. The SMILES string of the molecule is CC(=O)Nc1ccc(C[C@@H](NC(=O)[C@H](Cc2ccc(NC(=O)[C@H]3CNC(=O)N3)cc2)NC(=O)[C@H](CO)NC(=O)[C@@H](Cc2cccnc2)NC(=O)[C@@H](Cc2ccc(Cl)cc2)NC(=O)[C@@H](Cc2ccc3ccccc3c2)NC(C)=O)C(=O)N[C@@H](CC(C)C)C(=O)N[C@@H](CCCCNC(C)C)C(=O)N2CCC[C@H]2C(=O)N[C@H](C)C(N)=O)cc1. The Morgan fingerprint density at radius 1 is 0.530 bits per heavy atom. The first-order valence-corrected chi connectivity index (χ1v) is 38.8. The van der Waals surface area contributed by atoms with Crippen molar-refractivity contribution in [1.29, 1.82) is 0 Å². The van der Waals surface area contributed by atoms with E-state index in [9.17, 15) is 62.6 Å². The van der Waals surface area contributed by atoms with E-state index in [1.54, 1.807) is 74.5 Å². The van der Waals surface area contributed by atoms with E-state index in [1.165, 1.54) is 62.3 Å². The lowest BCUT2D eigenvalue weighted by Crippen LogP contribution is -2.62. The summed E-state index contributed by atoms with van der Waals surface area (Å²) in [5.41, 5.74) is 8.56. The first-order chi connectivity index (χ1) is 54.9. The molecule has 115 heavy (non-hydrogen) atoms. The fourth-order valence-electron chi connectivity index (χ4n) is 13.3. The second-order valence-electron chi connectivity index (χ2n) is 29.6. The summed E-state index contributed by atoms with van der Waals surface area (Å²) >= 11 is 6.27. The Labute approximate surface area is 672 Å². The Hall–Kier alpha value is -11.9. The van der Waals surface area contributed by atoms with Gasteiger partial charge in [0, 0.05) is 93.9 Å². The Balaban J connectivity index is 1.09. The van der Waals surface area contributed by atoms with Gasteiger partial charge in [-0.05, 0) is 139 Å². The molecule has 6 aromatic rings. The van der Waals surface area contributed by atoms with Crippen molar-refractivity contribution in [2.45, 2.75) is 192 Å². The van der Waals surface area contributed by atoms with Crippen molar-refractivity contribution in [3.8, 4) is 0 Å². The van der Waals surface area contributed by atoms with E-state index in [0.29, 0.717) is 64.3 Å². The molecule has 17 N–H and O–H groups in total. The van der Waals surface area contributed by atoms with Crippen LogP contribution in [0.5, 0.6) is 0 Å². The third-order valence-electron chi connectivity index (χ3n) is 19.3. The zero-order valence-electron chi connectivity index (χ0n) is 65.4. The molecule has 0 unspecified atom stereocenters. The van der Waals surface area contributed by atoms with Crippen LogP contribution in [0.3, 0.4) is 0 Å². The van der Waals surface area contributed by atoms with E-state index in [0.717, 1.165) is 10.8 Å². The summed E-state index contributed by atoms with van der Waals surface area (Å²) < 4.78 is 0. The topological polar surface area (TPSA) is 470 Å². The van der Waals surface area contributed by atoms with Crippen molar-refractivity contribution < 1.29 is 72.2 Å². The third kappa shape index (κ3) is 28.0. The number of unbranched alkanes of at least 4 members (excludes halogenated alkanes) is 1. The molecule has 2 fully saturated rings. The van der Waals surface area contributed by atoms with E-state index >= 15 is 9.59 Å². The molecule has 8 rings (SSSR count). The van der Waals surface area contributed by atoms with Gasteiger partial charge in [-0.25, -0.2) is 4.79 Å². The van der Waals surface area contributed by atoms with E-state index in [2.05, 4.69) is 79.4 Å². The summed E-state index contributed by atoms with van der Waals surface area (Å²) in [7, 11) is 0. The summed E-state index contributed by atoms with van der Waals surface area (Å²) in [5.74, 6) is -10.2. The van der Waals surface area contributed by atoms with Crippen LogP contribution in [-0.4, -0.2) is 197 Å². The summed E-state index contributed by atoms with van der Waals surface area (Å²) in [4.78, 5) is 201. The molecule has 0 spiro atoms. The highest BCUT2D eigenvalue weighted by atomic mass is 35.5. The van der Waals surface area contributed by atoms with Gasteiger partial charge in [-0.15, -0.1) is 0 Å². The smallest absolute Gasteiger partial charge is 0.315 e. The molecule has 614 valence electrons. The molecule has 2 saturated heterocycles. The molecule has 32 nitrogen and oxygen atoms in total. The number of likely N-dealkylation sites (tertiary alicyclic amines) is 1. The van der Waals surface area contributed by atoms with Gasteiger partial charge in [0.1, 0.15) is 66.5 Å². The Kier molecular flexibility index (Phi) is 33.4. The van der Waals surface area contributed by atoms with Gasteiger partial charge in [-0.3, -0.25) is 67.3 Å². The standard InChI is InChI=1S/C82H104ClN17O15/c1-46(2)36-62(72(105)92-61(17-10-11-34-86-47(3)4)81(114)100-35-13-18-70(100)80(113)88-48(5)71(84)104)93-74(107)65(39-52-22-29-59(30-23-52)89-49(6)102)95-76(109)66(40-53-24-31-60(32-25-53)91-78(111)68-44-87-82(115)99-68)97-79(112)69(45-101)98-77(110)67(42-55-14-12-33-85-43-55)96-75(108)64(38-51-20-27-58(83)28-21-51)94-73(106)63(90-50(7)103)41-54-19-26-56-15-8-9-16-57(56)37-54/h8-9,12,14-16,19-33,37,43,46-48,61-70,86,101H,10-11,13,17-18,34-36,38-42,44-45H2,1-7H3,(H2,84,104)(H,88,113)(H,89,102)(H,90,103)(H,91,111)(H,92,105)(H,93,107)(H,94,106)(H,95,109)(H,96,108)(H,97,112)(H,98,110)(H2,87,99,115)/t48-,61+,62+,63-,64-,65-,66+,67-,68-,69+,70+/m1/s1. The number of benzene rings is 5. The number of aromatic nitrogens is 1. The maximum Gasteiger partial charge on any atom is 0.315 e. The Bertz CT molecular complexity index is 4420. The normalized spacial score (nSPS) is 16.1. The number of carbonyl (C=O) groups is 14. The van der Waals surface area contributed by atoms with Crippen LogP contribution in [0.4, 0.5) is 16.2 Å². The van der Waals surface area contributed by atoms with Gasteiger partial charge in [0.2, 0.25) is 76.8 Å². The number of nitrogens with two attached hydrogens (primary N) is 1. The molecule has 1 aromatic heterocycles. The average molecular weight is 1600 g/mol. The van der Waals surface area contributed by atoms with Crippen LogP contribution in [0, 0.1) is 5.92 Å². The van der Waals surface area contributed by atoms with Crippen LogP contribution in [0.2, 0.25) is 5.02 Å².